The molecule has 6 rings (SSSR count). The molecule has 0 radical (unpaired) electrons. The molecular formula is C30H30N2O. The molecular weight excluding hydrogens is 404 g/mol. The van der Waals surface area contributed by atoms with Crippen molar-refractivity contribution in [3.05, 3.63) is 113 Å². The Bertz CT molecular complexity index is 1270. The zero-order chi connectivity index (χ0) is 22.3. The fourth-order valence-corrected chi connectivity index (χ4v) is 6.34. The normalized spacial score (nSPS) is 26.5. The first kappa shape index (κ1) is 20.6. The summed E-state index contributed by atoms with van der Waals surface area (Å²) in [6.07, 6.45) is 4.17. The number of aryl methyl sites for hydroxylation is 1. The van der Waals surface area contributed by atoms with Crippen LogP contribution in [0.5, 0.6) is 0 Å². The smallest absolute Gasteiger partial charge is 0.0941 e. The van der Waals surface area contributed by atoms with E-state index in [1.165, 1.54) is 16.7 Å². The number of para-hydroxylation sites is 1. The van der Waals surface area contributed by atoms with Crippen molar-refractivity contribution in [3.8, 4) is 0 Å². The summed E-state index contributed by atoms with van der Waals surface area (Å²) in [4.78, 5) is 5.10. The summed E-state index contributed by atoms with van der Waals surface area (Å²) < 4.78 is 0. The maximum atomic E-state index is 12.7. The number of hydrogen-bond acceptors (Lipinski definition) is 3. The largest absolute Gasteiger partial charge is 0.387 e. The SMILES string of the molecule is O[C@]12Cc3cc4ccccc4nc3C[C@]1(c1ccccc1)CCNC2CCc1ccccc1. The highest BCUT2D eigenvalue weighted by atomic mass is 16.3. The van der Waals surface area contributed by atoms with Crippen molar-refractivity contribution < 1.29 is 5.11 Å². The molecule has 1 fully saturated rings. The second kappa shape index (κ2) is 8.09. The Labute approximate surface area is 195 Å². The molecule has 1 aromatic heterocycles. The van der Waals surface area contributed by atoms with E-state index in [4.69, 9.17) is 4.98 Å². The molecule has 3 heteroatoms. The van der Waals surface area contributed by atoms with E-state index in [2.05, 4.69) is 96.3 Å². The third-order valence-corrected chi connectivity index (χ3v) is 8.06. The van der Waals surface area contributed by atoms with Crippen LogP contribution in [0.25, 0.3) is 10.9 Å². The fourth-order valence-electron chi connectivity index (χ4n) is 6.34. The summed E-state index contributed by atoms with van der Waals surface area (Å²) in [5, 5.41) is 17.5. The van der Waals surface area contributed by atoms with Crippen molar-refractivity contribution in [1.29, 1.82) is 0 Å². The van der Waals surface area contributed by atoms with Gasteiger partial charge in [0.25, 0.3) is 0 Å². The first-order valence-corrected chi connectivity index (χ1v) is 12.1. The molecule has 3 atom stereocenters. The van der Waals surface area contributed by atoms with Gasteiger partial charge in [0.1, 0.15) is 0 Å². The molecule has 33 heavy (non-hydrogen) atoms. The molecule has 3 nitrogen and oxygen atoms in total. The molecule has 0 spiro atoms. The summed E-state index contributed by atoms with van der Waals surface area (Å²) in [6, 6.07) is 31.9. The minimum absolute atomic E-state index is 0.0197. The van der Waals surface area contributed by atoms with Gasteiger partial charge < -0.3 is 10.4 Å². The molecule has 3 aromatic carbocycles. The van der Waals surface area contributed by atoms with E-state index < -0.39 is 5.60 Å². The first-order chi connectivity index (χ1) is 16.2. The van der Waals surface area contributed by atoms with E-state index in [-0.39, 0.29) is 11.5 Å². The van der Waals surface area contributed by atoms with Crippen LogP contribution in [0.2, 0.25) is 0 Å². The van der Waals surface area contributed by atoms with Crippen molar-refractivity contribution in [2.24, 2.45) is 0 Å². The lowest BCUT2D eigenvalue weighted by Crippen LogP contribution is -2.71. The molecule has 1 aliphatic carbocycles. The minimum Gasteiger partial charge on any atom is -0.387 e. The van der Waals surface area contributed by atoms with Gasteiger partial charge in [-0.25, -0.2) is 0 Å². The van der Waals surface area contributed by atoms with E-state index in [1.807, 2.05) is 0 Å². The summed E-state index contributed by atoms with van der Waals surface area (Å²) in [7, 11) is 0. The Balaban J connectivity index is 1.45. The van der Waals surface area contributed by atoms with E-state index in [9.17, 15) is 5.11 Å². The number of fused-ring (bicyclic) bond motifs is 3. The summed E-state index contributed by atoms with van der Waals surface area (Å²) in [5.74, 6) is 0. The van der Waals surface area contributed by atoms with Gasteiger partial charge in [0, 0.05) is 35.4 Å². The number of aromatic nitrogens is 1. The monoisotopic (exact) mass is 434 g/mol. The predicted octanol–water partition coefficient (Wildman–Crippen LogP) is 5.00. The molecule has 2 N–H and O–H groups in total. The molecule has 0 bridgehead atoms. The fraction of sp³-hybridized carbons (Fsp3) is 0.300. The van der Waals surface area contributed by atoms with Crippen LogP contribution in [0.4, 0.5) is 0 Å². The van der Waals surface area contributed by atoms with Gasteiger partial charge >= 0.3 is 0 Å². The Morgan fingerprint density at radius 1 is 0.879 bits per heavy atom. The van der Waals surface area contributed by atoms with Gasteiger partial charge in [0.05, 0.1) is 11.1 Å². The quantitative estimate of drug-likeness (QED) is 0.475. The molecule has 2 heterocycles. The van der Waals surface area contributed by atoms with Gasteiger partial charge in [-0.3, -0.25) is 4.98 Å². The predicted molar refractivity (Wildman–Crippen MR) is 133 cm³/mol. The summed E-state index contributed by atoms with van der Waals surface area (Å²) >= 11 is 0. The van der Waals surface area contributed by atoms with Gasteiger partial charge in [-0.1, -0.05) is 78.9 Å². The van der Waals surface area contributed by atoms with Crippen LogP contribution < -0.4 is 5.32 Å². The molecule has 2 aliphatic rings. The zero-order valence-electron chi connectivity index (χ0n) is 18.9. The molecule has 0 amide bonds. The Morgan fingerprint density at radius 3 is 2.42 bits per heavy atom. The van der Waals surface area contributed by atoms with Gasteiger partial charge in [0.15, 0.2) is 0 Å². The molecule has 4 aromatic rings. The molecule has 1 saturated heterocycles. The van der Waals surface area contributed by atoms with Crippen LogP contribution >= 0.6 is 0 Å². The minimum atomic E-state index is -0.876. The standard InChI is InChI=1S/C30H30N2O/c33-30-20-24-19-23-11-7-8-14-26(23)32-27(24)21-29(30,25-12-5-2-6-13-25)17-18-31-28(30)16-15-22-9-3-1-4-10-22/h1-14,19,28,31,33H,15-18,20-21H2/t28?,29-,30-/m0/s1. The maximum absolute atomic E-state index is 12.7. The first-order valence-electron chi connectivity index (χ1n) is 12.1. The van der Waals surface area contributed by atoms with Gasteiger partial charge in [-0.2, -0.15) is 0 Å². The highest BCUT2D eigenvalue weighted by Gasteiger charge is 2.59. The van der Waals surface area contributed by atoms with Crippen LogP contribution in [0.1, 0.15) is 35.2 Å². The number of aliphatic hydroxyl groups is 1. The zero-order valence-corrected chi connectivity index (χ0v) is 18.9. The van der Waals surface area contributed by atoms with Crippen molar-refractivity contribution >= 4 is 10.9 Å². The summed E-state index contributed by atoms with van der Waals surface area (Å²) in [6.45, 7) is 0.902. The van der Waals surface area contributed by atoms with Crippen LogP contribution in [0.15, 0.2) is 91.0 Å². The molecule has 1 unspecified atom stereocenters. The third kappa shape index (κ3) is 3.38. The number of benzene rings is 3. The average molecular weight is 435 g/mol. The van der Waals surface area contributed by atoms with Crippen molar-refractivity contribution in [3.63, 3.8) is 0 Å². The Morgan fingerprint density at radius 2 is 1.61 bits per heavy atom. The number of rotatable bonds is 4. The number of piperidine rings is 1. The second-order valence-electron chi connectivity index (χ2n) is 9.79. The number of pyridine rings is 1. The van der Waals surface area contributed by atoms with Gasteiger partial charge in [-0.15, -0.1) is 0 Å². The molecule has 0 saturated carbocycles. The highest BCUT2D eigenvalue weighted by Crippen LogP contribution is 2.51. The van der Waals surface area contributed by atoms with E-state index in [0.717, 1.165) is 48.8 Å². The van der Waals surface area contributed by atoms with Crippen LogP contribution in [0, 0.1) is 0 Å². The average Bonchev–Trinajstić information content (AvgIpc) is 2.86. The number of hydrogen-bond donors (Lipinski definition) is 2. The maximum Gasteiger partial charge on any atom is 0.0941 e. The van der Waals surface area contributed by atoms with E-state index in [1.54, 1.807) is 0 Å². The van der Waals surface area contributed by atoms with Crippen molar-refractivity contribution in [2.45, 2.75) is 49.2 Å². The van der Waals surface area contributed by atoms with Crippen LogP contribution in [0.3, 0.4) is 0 Å². The van der Waals surface area contributed by atoms with Gasteiger partial charge in [0.2, 0.25) is 0 Å². The van der Waals surface area contributed by atoms with E-state index >= 15 is 0 Å². The Kier molecular flexibility index (Phi) is 5.05. The lowest BCUT2D eigenvalue weighted by Gasteiger charge is -2.58. The third-order valence-electron chi connectivity index (χ3n) is 8.06. The van der Waals surface area contributed by atoms with Crippen molar-refractivity contribution in [1.82, 2.24) is 10.3 Å². The van der Waals surface area contributed by atoms with Crippen LogP contribution in [-0.4, -0.2) is 28.3 Å². The lowest BCUT2D eigenvalue weighted by atomic mass is 9.53. The Hall–Kier alpha value is -3.01. The number of nitrogens with one attached hydrogen (secondary N) is 1. The lowest BCUT2D eigenvalue weighted by molar-refractivity contribution is -0.100. The summed E-state index contributed by atoms with van der Waals surface area (Å²) in [5.41, 5.74) is 4.71. The molecule has 166 valence electrons. The molecule has 1 aliphatic heterocycles. The topological polar surface area (TPSA) is 45.2 Å². The van der Waals surface area contributed by atoms with E-state index in [0.29, 0.717) is 6.42 Å². The van der Waals surface area contributed by atoms with Gasteiger partial charge in [-0.05, 0) is 54.6 Å². The number of nitrogens with zero attached hydrogens (tertiary/aromatic N) is 1. The van der Waals surface area contributed by atoms with Crippen LogP contribution in [-0.2, 0) is 24.7 Å². The van der Waals surface area contributed by atoms with Crippen molar-refractivity contribution in [2.75, 3.05) is 6.54 Å². The highest BCUT2D eigenvalue weighted by molar-refractivity contribution is 5.79. The second-order valence-corrected chi connectivity index (χ2v) is 9.79.